The van der Waals surface area contributed by atoms with Crippen LogP contribution in [0.5, 0.6) is 0 Å². The lowest BCUT2D eigenvalue weighted by Crippen LogP contribution is -2.62. The average Bonchev–Trinajstić information content (AvgIpc) is 3.37. The van der Waals surface area contributed by atoms with Crippen molar-refractivity contribution in [3.8, 4) is 0 Å². The number of aliphatic carboxylic acids is 1. The molecule has 2 amide bonds. The Bertz CT molecular complexity index is 1020. The van der Waals surface area contributed by atoms with Crippen molar-refractivity contribution >= 4 is 64.0 Å². The fourth-order valence-electron chi connectivity index (χ4n) is 3.26. The highest BCUT2D eigenvalue weighted by molar-refractivity contribution is 8.02. The number of β-lactam (4-membered cyclic amide) rings is 1. The molecule has 0 bridgehead atoms. The van der Waals surface area contributed by atoms with Gasteiger partial charge in [0.1, 0.15) is 27.4 Å². The fraction of sp³-hybridized carbons (Fsp3) is 0.353. The third-order valence-electron chi connectivity index (χ3n) is 4.50. The average molecular weight is 485 g/mol. The number of nitrogens with one attached hydrogen (secondary N) is 1. The molecule has 3 atom stereocenters. The lowest BCUT2D eigenvalue weighted by atomic mass is 9.94. The zero-order valence-electron chi connectivity index (χ0n) is 15.5. The topological polar surface area (TPSA) is 133 Å². The standard InChI is InChI=1S/C17H16N4O5S4/c1-7(23)18-13-8(6-28-17-20-19-10(5-22)29-17)12(16(25)26)21-14(24)11(15(21)30-13)9-3-2-4-27-9/h2-4,11,13,15,22H,5-6H2,1H3,(H,18,23)(H,25,26)/t11?,13?,15-/m1/s1. The first-order chi connectivity index (χ1) is 14.4. The Morgan fingerprint density at radius 1 is 1.37 bits per heavy atom. The Morgan fingerprint density at radius 2 is 2.17 bits per heavy atom. The molecule has 0 radical (unpaired) electrons. The lowest BCUT2D eigenvalue weighted by molar-refractivity contribution is -0.148. The van der Waals surface area contributed by atoms with Crippen LogP contribution in [0.2, 0.25) is 0 Å². The first-order valence-corrected chi connectivity index (χ1v) is 12.3. The van der Waals surface area contributed by atoms with Crippen LogP contribution in [-0.2, 0) is 21.0 Å². The largest absolute Gasteiger partial charge is 0.477 e. The molecule has 2 aliphatic heterocycles. The number of carbonyl (C=O) groups is 3. The molecule has 3 N–H and O–H groups in total. The second kappa shape index (κ2) is 8.67. The minimum absolute atomic E-state index is 0.0882. The summed E-state index contributed by atoms with van der Waals surface area (Å²) in [7, 11) is 0. The molecule has 1 fully saturated rings. The van der Waals surface area contributed by atoms with Crippen LogP contribution in [0.1, 0.15) is 22.7 Å². The molecule has 158 valence electrons. The van der Waals surface area contributed by atoms with E-state index in [4.69, 9.17) is 5.11 Å². The van der Waals surface area contributed by atoms with Gasteiger partial charge in [-0.15, -0.1) is 33.3 Å². The van der Waals surface area contributed by atoms with E-state index in [1.165, 1.54) is 58.0 Å². The first-order valence-electron chi connectivity index (χ1n) is 8.72. The molecule has 1 saturated heterocycles. The molecule has 0 aromatic carbocycles. The molecule has 0 spiro atoms. The maximum atomic E-state index is 12.9. The summed E-state index contributed by atoms with van der Waals surface area (Å²) in [6, 6.07) is 3.72. The summed E-state index contributed by atoms with van der Waals surface area (Å²) in [6.07, 6.45) is 0. The van der Waals surface area contributed by atoms with Gasteiger partial charge in [-0.25, -0.2) is 4.79 Å². The van der Waals surface area contributed by atoms with Gasteiger partial charge in [0, 0.05) is 23.1 Å². The number of aliphatic hydroxyl groups excluding tert-OH is 1. The highest BCUT2D eigenvalue weighted by Crippen LogP contribution is 2.51. The molecular formula is C17H16N4O5S4. The summed E-state index contributed by atoms with van der Waals surface area (Å²) in [5, 5.41) is 31.0. The van der Waals surface area contributed by atoms with Crippen molar-refractivity contribution in [3.05, 3.63) is 38.7 Å². The number of rotatable bonds is 7. The van der Waals surface area contributed by atoms with Gasteiger partial charge in [-0.1, -0.05) is 29.2 Å². The van der Waals surface area contributed by atoms with Crippen LogP contribution in [0.15, 0.2) is 33.1 Å². The second-order valence-electron chi connectivity index (χ2n) is 6.40. The predicted molar refractivity (Wildman–Crippen MR) is 114 cm³/mol. The van der Waals surface area contributed by atoms with Gasteiger partial charge in [0.15, 0.2) is 4.34 Å². The van der Waals surface area contributed by atoms with E-state index in [1.54, 1.807) is 0 Å². The summed E-state index contributed by atoms with van der Waals surface area (Å²) in [5.41, 5.74) is 0.345. The monoisotopic (exact) mass is 484 g/mol. The number of carboxylic acids is 1. The molecule has 0 saturated carbocycles. The molecule has 0 aliphatic carbocycles. The van der Waals surface area contributed by atoms with Crippen molar-refractivity contribution in [2.45, 2.75) is 34.5 Å². The number of aliphatic hydroxyl groups is 1. The Balaban J connectivity index is 1.67. The first kappa shape index (κ1) is 21.3. The number of thiophene rings is 1. The Labute approximate surface area is 187 Å². The van der Waals surface area contributed by atoms with Gasteiger partial charge in [-0.2, -0.15) is 0 Å². The van der Waals surface area contributed by atoms with Crippen LogP contribution in [0.3, 0.4) is 0 Å². The molecule has 2 aliphatic rings. The maximum Gasteiger partial charge on any atom is 0.352 e. The van der Waals surface area contributed by atoms with E-state index in [2.05, 4.69) is 15.5 Å². The molecule has 13 heteroatoms. The van der Waals surface area contributed by atoms with E-state index < -0.39 is 22.6 Å². The molecule has 30 heavy (non-hydrogen) atoms. The predicted octanol–water partition coefficient (Wildman–Crippen LogP) is 1.68. The van der Waals surface area contributed by atoms with Gasteiger partial charge in [0.05, 0.1) is 6.61 Å². The van der Waals surface area contributed by atoms with Crippen molar-refractivity contribution < 1.29 is 24.6 Å². The van der Waals surface area contributed by atoms with Gasteiger partial charge >= 0.3 is 5.97 Å². The van der Waals surface area contributed by atoms with Crippen molar-refractivity contribution in [2.75, 3.05) is 5.75 Å². The number of hydrogen-bond acceptors (Lipinski definition) is 10. The molecule has 2 aromatic heterocycles. The number of aromatic nitrogens is 2. The van der Waals surface area contributed by atoms with Crippen LogP contribution in [0.25, 0.3) is 0 Å². The summed E-state index contributed by atoms with van der Waals surface area (Å²) < 4.78 is 0.566. The van der Waals surface area contributed by atoms with E-state index in [9.17, 15) is 19.5 Å². The number of hydrogen-bond donors (Lipinski definition) is 3. The highest BCUT2D eigenvalue weighted by Gasteiger charge is 2.56. The zero-order valence-corrected chi connectivity index (χ0v) is 18.7. The molecule has 9 nitrogen and oxygen atoms in total. The summed E-state index contributed by atoms with van der Waals surface area (Å²) in [5.74, 6) is -1.97. The van der Waals surface area contributed by atoms with Crippen LogP contribution < -0.4 is 5.32 Å². The van der Waals surface area contributed by atoms with Crippen LogP contribution in [0, 0.1) is 0 Å². The van der Waals surface area contributed by atoms with Gasteiger partial charge in [-0.05, 0) is 11.4 Å². The number of carbonyl (C=O) groups excluding carboxylic acids is 2. The van der Waals surface area contributed by atoms with Crippen molar-refractivity contribution in [3.63, 3.8) is 0 Å². The van der Waals surface area contributed by atoms with Gasteiger partial charge in [0.2, 0.25) is 11.8 Å². The minimum atomic E-state index is -1.21. The Hall–Kier alpha value is -1.93. The smallest absolute Gasteiger partial charge is 0.352 e. The molecular weight excluding hydrogens is 468 g/mol. The highest BCUT2D eigenvalue weighted by atomic mass is 32.2. The number of amides is 2. The number of nitrogens with zero attached hydrogens (tertiary/aromatic N) is 3. The molecule has 4 rings (SSSR count). The van der Waals surface area contributed by atoms with Gasteiger partial charge in [-0.3, -0.25) is 14.5 Å². The van der Waals surface area contributed by atoms with E-state index >= 15 is 0 Å². The van der Waals surface area contributed by atoms with E-state index in [0.29, 0.717) is 14.9 Å². The van der Waals surface area contributed by atoms with Gasteiger partial charge in [0.25, 0.3) is 0 Å². The number of fused-ring (bicyclic) bond motifs is 1. The third-order valence-corrected chi connectivity index (χ3v) is 8.98. The lowest BCUT2D eigenvalue weighted by Gasteiger charge is -2.51. The Morgan fingerprint density at radius 3 is 2.77 bits per heavy atom. The third kappa shape index (κ3) is 3.87. The zero-order chi connectivity index (χ0) is 21.4. The normalized spacial score (nSPS) is 23.2. The van der Waals surface area contributed by atoms with Crippen LogP contribution >= 0.6 is 46.2 Å². The van der Waals surface area contributed by atoms with Crippen LogP contribution in [0.4, 0.5) is 0 Å². The Kier molecular flexibility index (Phi) is 6.16. The summed E-state index contributed by atoms with van der Waals surface area (Å²) >= 11 is 5.28. The quantitative estimate of drug-likeness (QED) is 0.396. The summed E-state index contributed by atoms with van der Waals surface area (Å²) in [4.78, 5) is 39.0. The van der Waals surface area contributed by atoms with Crippen molar-refractivity contribution in [1.29, 1.82) is 0 Å². The molecule has 4 heterocycles. The van der Waals surface area contributed by atoms with Crippen molar-refractivity contribution in [2.24, 2.45) is 0 Å². The SMILES string of the molecule is CC(=O)NC1S[C@@H]2C(c3cccs3)C(=O)N2C(C(=O)O)=C1CSc1nnc(CO)s1. The van der Waals surface area contributed by atoms with E-state index in [-0.39, 0.29) is 29.9 Å². The van der Waals surface area contributed by atoms with Crippen molar-refractivity contribution in [1.82, 2.24) is 20.4 Å². The second-order valence-corrected chi connectivity index (χ2v) is 10.9. The summed E-state index contributed by atoms with van der Waals surface area (Å²) in [6.45, 7) is 1.15. The maximum absolute atomic E-state index is 12.9. The van der Waals surface area contributed by atoms with E-state index in [1.807, 2.05) is 17.5 Å². The van der Waals surface area contributed by atoms with Crippen LogP contribution in [-0.4, -0.2) is 59.6 Å². The molecule has 2 aromatic rings. The fourth-order valence-corrected chi connectivity index (χ4v) is 7.74. The number of thioether (sulfide) groups is 2. The number of carboxylic acid groups (broad SMARTS) is 1. The van der Waals surface area contributed by atoms with Gasteiger partial charge < -0.3 is 15.5 Å². The minimum Gasteiger partial charge on any atom is -0.477 e. The van der Waals surface area contributed by atoms with E-state index in [0.717, 1.165) is 4.88 Å². The molecule has 2 unspecified atom stereocenters.